The molecule has 1 saturated heterocycles. The minimum Gasteiger partial charge on any atom is -0.477 e. The van der Waals surface area contributed by atoms with E-state index >= 15 is 0 Å². The molecule has 1 aliphatic heterocycles. The van der Waals surface area contributed by atoms with Gasteiger partial charge in [0.2, 0.25) is 5.88 Å². The summed E-state index contributed by atoms with van der Waals surface area (Å²) in [6, 6.07) is 0. The van der Waals surface area contributed by atoms with Crippen molar-refractivity contribution in [2.45, 2.75) is 52.1 Å². The SMILES string of the molecule is CCc1nnc(OCC2CCCCO2)c(C(=O)O)c1CC. The maximum absolute atomic E-state index is 11.5. The second-order valence-electron chi connectivity index (χ2n) is 5.12. The van der Waals surface area contributed by atoms with Crippen LogP contribution in [0.4, 0.5) is 0 Å². The van der Waals surface area contributed by atoms with Crippen LogP contribution in [0.3, 0.4) is 0 Å². The molecule has 2 rings (SSSR count). The lowest BCUT2D eigenvalue weighted by Crippen LogP contribution is -2.27. The molecule has 0 aromatic carbocycles. The summed E-state index contributed by atoms with van der Waals surface area (Å²) >= 11 is 0. The molecule has 21 heavy (non-hydrogen) atoms. The number of carboxylic acids is 1. The first kappa shape index (κ1) is 15.7. The Hall–Kier alpha value is -1.69. The number of carbonyl (C=O) groups is 1. The molecule has 2 heterocycles. The first-order valence-corrected chi connectivity index (χ1v) is 7.53. The first-order chi connectivity index (χ1) is 10.2. The van der Waals surface area contributed by atoms with Crippen molar-refractivity contribution in [1.29, 1.82) is 0 Å². The number of nitrogens with zero attached hydrogens (tertiary/aromatic N) is 2. The lowest BCUT2D eigenvalue weighted by molar-refractivity contribution is -0.0124. The Morgan fingerprint density at radius 3 is 2.71 bits per heavy atom. The minimum absolute atomic E-state index is 0.0122. The molecule has 0 saturated carbocycles. The van der Waals surface area contributed by atoms with Crippen LogP contribution in [0, 0.1) is 0 Å². The topological polar surface area (TPSA) is 81.5 Å². The average Bonchev–Trinajstić information content (AvgIpc) is 2.52. The largest absolute Gasteiger partial charge is 0.477 e. The van der Waals surface area contributed by atoms with E-state index in [0.717, 1.165) is 31.6 Å². The van der Waals surface area contributed by atoms with E-state index in [2.05, 4.69) is 10.2 Å². The van der Waals surface area contributed by atoms with E-state index in [1.165, 1.54) is 0 Å². The van der Waals surface area contributed by atoms with Crippen LogP contribution in [0.5, 0.6) is 5.88 Å². The molecule has 6 nitrogen and oxygen atoms in total. The van der Waals surface area contributed by atoms with Gasteiger partial charge in [-0.3, -0.25) is 0 Å². The van der Waals surface area contributed by atoms with Crippen LogP contribution in [-0.4, -0.2) is 40.6 Å². The zero-order valence-corrected chi connectivity index (χ0v) is 12.6. The lowest BCUT2D eigenvalue weighted by Gasteiger charge is -2.22. The predicted octanol–water partition coefficient (Wildman–Crippen LogP) is 2.25. The number of ether oxygens (including phenoxy) is 2. The molecule has 1 aliphatic rings. The number of hydrogen-bond donors (Lipinski definition) is 1. The standard InChI is InChI=1S/C15H22N2O4/c1-3-11-12(4-2)16-17-14(13(11)15(18)19)21-9-10-7-5-6-8-20-10/h10H,3-9H2,1-2H3,(H,18,19). The third-order valence-corrected chi connectivity index (χ3v) is 3.71. The Kier molecular flexibility index (Phi) is 5.50. The molecular formula is C15H22N2O4. The van der Waals surface area contributed by atoms with Crippen molar-refractivity contribution in [3.05, 3.63) is 16.8 Å². The monoisotopic (exact) mass is 294 g/mol. The molecule has 116 valence electrons. The quantitative estimate of drug-likeness (QED) is 0.866. The van der Waals surface area contributed by atoms with E-state index in [0.29, 0.717) is 25.0 Å². The zero-order valence-electron chi connectivity index (χ0n) is 12.6. The molecule has 0 amide bonds. The summed E-state index contributed by atoms with van der Waals surface area (Å²) in [5.74, 6) is -0.915. The number of hydrogen-bond acceptors (Lipinski definition) is 5. The first-order valence-electron chi connectivity index (χ1n) is 7.53. The Morgan fingerprint density at radius 2 is 2.14 bits per heavy atom. The second kappa shape index (κ2) is 7.36. The molecule has 0 radical (unpaired) electrons. The van der Waals surface area contributed by atoms with Crippen LogP contribution in [-0.2, 0) is 17.6 Å². The molecule has 1 N–H and O–H groups in total. The van der Waals surface area contributed by atoms with E-state index in [1.807, 2.05) is 13.8 Å². The van der Waals surface area contributed by atoms with Gasteiger partial charge in [0.05, 0.1) is 11.8 Å². The van der Waals surface area contributed by atoms with E-state index < -0.39 is 5.97 Å². The predicted molar refractivity (Wildman–Crippen MR) is 76.8 cm³/mol. The summed E-state index contributed by atoms with van der Waals surface area (Å²) in [7, 11) is 0. The van der Waals surface area contributed by atoms with Gasteiger partial charge >= 0.3 is 5.97 Å². The highest BCUT2D eigenvalue weighted by Gasteiger charge is 2.23. The average molecular weight is 294 g/mol. The molecule has 1 aromatic rings. The van der Waals surface area contributed by atoms with Crippen LogP contribution < -0.4 is 4.74 Å². The highest BCUT2D eigenvalue weighted by atomic mass is 16.5. The summed E-state index contributed by atoms with van der Waals surface area (Å²) in [6.45, 7) is 4.91. The van der Waals surface area contributed by atoms with Crippen molar-refractivity contribution >= 4 is 5.97 Å². The molecule has 0 bridgehead atoms. The van der Waals surface area contributed by atoms with E-state index in [-0.39, 0.29) is 17.5 Å². The van der Waals surface area contributed by atoms with Gasteiger partial charge in [0, 0.05) is 6.61 Å². The summed E-state index contributed by atoms with van der Waals surface area (Å²) in [5, 5.41) is 17.5. The summed E-state index contributed by atoms with van der Waals surface area (Å²) < 4.78 is 11.2. The summed E-state index contributed by atoms with van der Waals surface area (Å²) in [4.78, 5) is 11.5. The fourth-order valence-corrected chi connectivity index (χ4v) is 2.59. The van der Waals surface area contributed by atoms with Crippen molar-refractivity contribution in [3.8, 4) is 5.88 Å². The van der Waals surface area contributed by atoms with Crippen molar-refractivity contribution in [2.24, 2.45) is 0 Å². The van der Waals surface area contributed by atoms with Gasteiger partial charge in [-0.05, 0) is 37.7 Å². The van der Waals surface area contributed by atoms with Gasteiger partial charge in [-0.1, -0.05) is 13.8 Å². The van der Waals surface area contributed by atoms with Gasteiger partial charge in [0.1, 0.15) is 12.2 Å². The lowest BCUT2D eigenvalue weighted by atomic mass is 10.0. The van der Waals surface area contributed by atoms with Gasteiger partial charge in [-0.2, -0.15) is 5.10 Å². The Labute approximate surface area is 124 Å². The van der Waals surface area contributed by atoms with E-state index in [9.17, 15) is 9.90 Å². The normalized spacial score (nSPS) is 18.5. The number of aromatic nitrogens is 2. The van der Waals surface area contributed by atoms with Crippen LogP contribution in [0.25, 0.3) is 0 Å². The minimum atomic E-state index is -1.02. The smallest absolute Gasteiger partial charge is 0.341 e. The van der Waals surface area contributed by atoms with E-state index in [1.54, 1.807) is 0 Å². The van der Waals surface area contributed by atoms with Crippen molar-refractivity contribution in [3.63, 3.8) is 0 Å². The summed E-state index contributed by atoms with van der Waals surface area (Å²) in [6.07, 6.45) is 4.38. The van der Waals surface area contributed by atoms with Gasteiger partial charge in [-0.25, -0.2) is 4.79 Å². The second-order valence-corrected chi connectivity index (χ2v) is 5.12. The Morgan fingerprint density at radius 1 is 1.33 bits per heavy atom. The third-order valence-electron chi connectivity index (χ3n) is 3.71. The molecular weight excluding hydrogens is 272 g/mol. The van der Waals surface area contributed by atoms with Gasteiger partial charge < -0.3 is 14.6 Å². The van der Waals surface area contributed by atoms with Crippen LogP contribution in [0.2, 0.25) is 0 Å². The molecule has 0 aliphatic carbocycles. The van der Waals surface area contributed by atoms with E-state index in [4.69, 9.17) is 9.47 Å². The van der Waals surface area contributed by atoms with Gasteiger partial charge in [0.25, 0.3) is 0 Å². The van der Waals surface area contributed by atoms with Crippen molar-refractivity contribution in [2.75, 3.05) is 13.2 Å². The Balaban J connectivity index is 2.19. The van der Waals surface area contributed by atoms with Gasteiger partial charge in [-0.15, -0.1) is 5.10 Å². The van der Waals surface area contributed by atoms with Crippen LogP contribution in [0.1, 0.15) is 54.7 Å². The third kappa shape index (κ3) is 3.69. The highest BCUT2D eigenvalue weighted by Crippen LogP contribution is 2.23. The van der Waals surface area contributed by atoms with Gasteiger partial charge in [0.15, 0.2) is 0 Å². The molecule has 1 unspecified atom stereocenters. The number of carboxylic acid groups (broad SMARTS) is 1. The zero-order chi connectivity index (χ0) is 15.2. The molecule has 1 fully saturated rings. The fourth-order valence-electron chi connectivity index (χ4n) is 2.59. The molecule has 1 aromatic heterocycles. The fraction of sp³-hybridized carbons (Fsp3) is 0.667. The Bertz CT molecular complexity index is 499. The molecule has 6 heteroatoms. The number of aromatic carboxylic acids is 1. The molecule has 0 spiro atoms. The van der Waals surface area contributed by atoms with Crippen LogP contribution >= 0.6 is 0 Å². The van der Waals surface area contributed by atoms with Crippen molar-refractivity contribution in [1.82, 2.24) is 10.2 Å². The maximum atomic E-state index is 11.5. The highest BCUT2D eigenvalue weighted by molar-refractivity contribution is 5.92. The number of aryl methyl sites for hydroxylation is 1. The van der Waals surface area contributed by atoms with Crippen molar-refractivity contribution < 1.29 is 19.4 Å². The maximum Gasteiger partial charge on any atom is 0.341 e. The van der Waals surface area contributed by atoms with Crippen LogP contribution in [0.15, 0.2) is 0 Å². The number of rotatable bonds is 6. The summed E-state index contributed by atoms with van der Waals surface area (Å²) in [5.41, 5.74) is 1.57. The molecule has 1 atom stereocenters.